The van der Waals surface area contributed by atoms with Crippen molar-refractivity contribution in [1.82, 2.24) is 0 Å². The van der Waals surface area contributed by atoms with E-state index in [1.54, 1.807) is 0 Å². The number of nitrogens with zero attached hydrogens (tertiary/aromatic N) is 1. The van der Waals surface area contributed by atoms with Crippen molar-refractivity contribution in [1.29, 1.82) is 0 Å². The summed E-state index contributed by atoms with van der Waals surface area (Å²) >= 11 is 5.22. The summed E-state index contributed by atoms with van der Waals surface area (Å²) in [6, 6.07) is 5.76. The van der Waals surface area contributed by atoms with Crippen LogP contribution in [-0.4, -0.2) is 16.8 Å². The quantitative estimate of drug-likeness (QED) is 0.342. The fraction of sp³-hybridized carbons (Fsp3) is 0.222. The average Bonchev–Trinajstić information content (AvgIpc) is 2.26. The molecule has 0 aliphatic heterocycles. The molecule has 0 aliphatic carbocycles. The van der Waals surface area contributed by atoms with Gasteiger partial charge in [0.2, 0.25) is 0 Å². The number of carbonyl (C=O) groups excluding carboxylic acids is 1. The first-order valence-electron chi connectivity index (χ1n) is 4.08. The highest BCUT2D eigenvalue weighted by Crippen LogP contribution is 2.12. The lowest BCUT2D eigenvalue weighted by molar-refractivity contribution is -0.384. The van der Waals surface area contributed by atoms with Gasteiger partial charge in [-0.1, -0.05) is 0 Å². The molecule has 0 spiro atoms. The van der Waals surface area contributed by atoms with Crippen LogP contribution in [-0.2, 0) is 16.1 Å². The highest BCUT2D eigenvalue weighted by molar-refractivity contribution is 6.26. The maximum Gasteiger partial charge on any atom is 0.321 e. The van der Waals surface area contributed by atoms with Crippen LogP contribution in [0.15, 0.2) is 24.3 Å². The van der Waals surface area contributed by atoms with E-state index in [0.717, 1.165) is 0 Å². The van der Waals surface area contributed by atoms with Gasteiger partial charge in [-0.15, -0.1) is 11.6 Å². The van der Waals surface area contributed by atoms with Gasteiger partial charge in [0, 0.05) is 12.1 Å². The number of benzene rings is 1. The van der Waals surface area contributed by atoms with Crippen LogP contribution in [0.2, 0.25) is 0 Å². The van der Waals surface area contributed by atoms with Crippen LogP contribution in [0.5, 0.6) is 0 Å². The van der Waals surface area contributed by atoms with E-state index in [0.29, 0.717) is 5.56 Å². The van der Waals surface area contributed by atoms with Gasteiger partial charge in [0.05, 0.1) is 4.92 Å². The Morgan fingerprint density at radius 3 is 2.47 bits per heavy atom. The number of non-ortho nitro benzene ring substituents is 1. The molecule has 0 amide bonds. The van der Waals surface area contributed by atoms with Crippen molar-refractivity contribution >= 4 is 23.3 Å². The number of nitro benzene ring substituents is 1. The van der Waals surface area contributed by atoms with E-state index in [2.05, 4.69) is 0 Å². The van der Waals surface area contributed by atoms with E-state index in [4.69, 9.17) is 16.3 Å². The summed E-state index contributed by atoms with van der Waals surface area (Å²) in [4.78, 5) is 20.5. The van der Waals surface area contributed by atoms with Crippen LogP contribution in [0.1, 0.15) is 5.56 Å². The summed E-state index contributed by atoms with van der Waals surface area (Å²) in [7, 11) is 0. The molecule has 0 unspecified atom stereocenters. The molecule has 1 aromatic rings. The Hall–Kier alpha value is -1.62. The molecule has 1 aromatic carbocycles. The molecule has 0 aliphatic rings. The number of halogens is 1. The third-order valence-corrected chi connectivity index (χ3v) is 1.87. The molecular weight excluding hydrogens is 222 g/mol. The minimum atomic E-state index is -0.519. The smallest absolute Gasteiger partial charge is 0.321 e. The van der Waals surface area contributed by atoms with Crippen molar-refractivity contribution < 1.29 is 14.5 Å². The highest BCUT2D eigenvalue weighted by Gasteiger charge is 2.05. The number of esters is 1. The lowest BCUT2D eigenvalue weighted by Gasteiger charge is -2.01. The minimum Gasteiger partial charge on any atom is -0.460 e. The molecule has 0 atom stereocenters. The Kier molecular flexibility index (Phi) is 4.05. The fourth-order valence-corrected chi connectivity index (χ4v) is 0.993. The number of ether oxygens (including phenoxy) is 1. The number of nitro groups is 1. The Bertz CT molecular complexity index is 363. The molecule has 0 fully saturated rings. The largest absolute Gasteiger partial charge is 0.460 e. The molecule has 0 aromatic heterocycles. The van der Waals surface area contributed by atoms with Gasteiger partial charge in [0.15, 0.2) is 0 Å². The molecular formula is C9H8ClNO4. The fourth-order valence-electron chi connectivity index (χ4n) is 0.916. The second-order valence-electron chi connectivity index (χ2n) is 2.72. The van der Waals surface area contributed by atoms with Crippen molar-refractivity contribution in [3.63, 3.8) is 0 Å². The third-order valence-electron chi connectivity index (χ3n) is 1.66. The number of carbonyl (C=O) groups is 1. The van der Waals surface area contributed by atoms with Gasteiger partial charge in [-0.05, 0) is 17.7 Å². The predicted molar refractivity (Wildman–Crippen MR) is 53.6 cm³/mol. The molecule has 0 N–H and O–H groups in total. The molecule has 5 nitrogen and oxygen atoms in total. The van der Waals surface area contributed by atoms with Gasteiger partial charge in [0.1, 0.15) is 12.5 Å². The van der Waals surface area contributed by atoms with E-state index >= 15 is 0 Å². The molecule has 15 heavy (non-hydrogen) atoms. The van der Waals surface area contributed by atoms with Crippen LogP contribution in [0.3, 0.4) is 0 Å². The number of hydrogen-bond donors (Lipinski definition) is 0. The summed E-state index contributed by atoms with van der Waals surface area (Å²) in [5.41, 5.74) is 0.682. The first kappa shape index (κ1) is 11.5. The lowest BCUT2D eigenvalue weighted by atomic mass is 10.2. The average molecular weight is 230 g/mol. The second-order valence-corrected chi connectivity index (χ2v) is 2.99. The molecule has 0 radical (unpaired) electrons. The molecule has 0 bridgehead atoms. The van der Waals surface area contributed by atoms with Crippen molar-refractivity contribution in [2.45, 2.75) is 6.61 Å². The normalized spacial score (nSPS) is 9.67. The zero-order chi connectivity index (χ0) is 11.3. The van der Waals surface area contributed by atoms with Crippen molar-refractivity contribution in [3.05, 3.63) is 39.9 Å². The summed E-state index contributed by atoms with van der Waals surface area (Å²) in [6.45, 7) is 0.0730. The van der Waals surface area contributed by atoms with E-state index in [1.165, 1.54) is 24.3 Å². The first-order valence-corrected chi connectivity index (χ1v) is 4.62. The van der Waals surface area contributed by atoms with Gasteiger partial charge in [-0.25, -0.2) is 0 Å². The summed E-state index contributed by atoms with van der Waals surface area (Å²) in [5.74, 6) is -0.720. The van der Waals surface area contributed by atoms with Crippen molar-refractivity contribution in [2.24, 2.45) is 0 Å². The van der Waals surface area contributed by atoms with Gasteiger partial charge >= 0.3 is 5.97 Å². The van der Waals surface area contributed by atoms with E-state index in [-0.39, 0.29) is 18.2 Å². The summed E-state index contributed by atoms with van der Waals surface area (Å²) < 4.78 is 4.74. The zero-order valence-corrected chi connectivity index (χ0v) is 8.44. The maximum atomic E-state index is 10.7. The van der Waals surface area contributed by atoms with Gasteiger partial charge in [-0.3, -0.25) is 14.9 Å². The number of alkyl halides is 1. The SMILES string of the molecule is O=C(CCl)OCc1ccc([N+](=O)[O-])cc1. The number of hydrogen-bond acceptors (Lipinski definition) is 4. The Balaban J connectivity index is 2.57. The second kappa shape index (κ2) is 5.31. The van der Waals surface area contributed by atoms with E-state index < -0.39 is 10.9 Å². The van der Waals surface area contributed by atoms with Gasteiger partial charge < -0.3 is 4.74 Å². The monoisotopic (exact) mass is 229 g/mol. The molecule has 0 saturated heterocycles. The zero-order valence-electron chi connectivity index (χ0n) is 7.68. The molecule has 0 heterocycles. The Labute approximate surface area is 90.8 Å². The van der Waals surface area contributed by atoms with Crippen LogP contribution in [0.4, 0.5) is 5.69 Å². The highest BCUT2D eigenvalue weighted by atomic mass is 35.5. The maximum absolute atomic E-state index is 10.7. The Morgan fingerprint density at radius 1 is 1.40 bits per heavy atom. The molecule has 6 heteroatoms. The van der Waals surface area contributed by atoms with Crippen molar-refractivity contribution in [2.75, 3.05) is 5.88 Å². The van der Waals surface area contributed by atoms with Crippen LogP contribution >= 0.6 is 11.6 Å². The van der Waals surface area contributed by atoms with Gasteiger partial charge in [-0.2, -0.15) is 0 Å². The predicted octanol–water partition coefficient (Wildman–Crippen LogP) is 1.88. The first-order chi connectivity index (χ1) is 7.13. The molecule has 1 rings (SSSR count). The number of rotatable bonds is 4. The van der Waals surface area contributed by atoms with Crippen LogP contribution < -0.4 is 0 Å². The molecule has 0 saturated carbocycles. The van der Waals surface area contributed by atoms with Crippen LogP contribution in [0.25, 0.3) is 0 Å². The van der Waals surface area contributed by atoms with Crippen molar-refractivity contribution in [3.8, 4) is 0 Å². The molecule has 80 valence electrons. The summed E-state index contributed by atoms with van der Waals surface area (Å²) in [5, 5.41) is 10.3. The summed E-state index contributed by atoms with van der Waals surface area (Å²) in [6.07, 6.45) is 0. The van der Waals surface area contributed by atoms with E-state index in [1.807, 2.05) is 0 Å². The van der Waals surface area contributed by atoms with E-state index in [9.17, 15) is 14.9 Å². The topological polar surface area (TPSA) is 69.4 Å². The standard InChI is InChI=1S/C9H8ClNO4/c10-5-9(12)15-6-7-1-3-8(4-2-7)11(13)14/h1-4H,5-6H2. The third kappa shape index (κ3) is 3.55. The lowest BCUT2D eigenvalue weighted by Crippen LogP contribution is -2.05. The van der Waals surface area contributed by atoms with Crippen LogP contribution in [0, 0.1) is 10.1 Å². The Morgan fingerprint density at radius 2 is 2.00 bits per heavy atom. The van der Waals surface area contributed by atoms with Gasteiger partial charge in [0.25, 0.3) is 5.69 Å². The minimum absolute atomic E-state index is 0.00224.